The zero-order valence-corrected chi connectivity index (χ0v) is 6.21. The van der Waals surface area contributed by atoms with Gasteiger partial charge in [-0.25, -0.2) is 4.98 Å². The predicted octanol–water partition coefficient (Wildman–Crippen LogP) is 1.89. The summed E-state index contributed by atoms with van der Waals surface area (Å²) in [6.07, 6.45) is 1.69. The van der Waals surface area contributed by atoms with Crippen LogP contribution in [0.5, 0.6) is 0 Å². The number of halogens is 2. The number of aromatic nitrogens is 2. The van der Waals surface area contributed by atoms with Crippen molar-refractivity contribution in [2.75, 3.05) is 0 Å². The molecule has 0 aromatic carbocycles. The Morgan fingerprint density at radius 3 is 2.56 bits per heavy atom. The van der Waals surface area contributed by atoms with Crippen LogP contribution in [0.15, 0.2) is 6.20 Å². The summed E-state index contributed by atoms with van der Waals surface area (Å²) in [6.45, 7) is 0. The monoisotopic (exact) mass is 164 g/mol. The van der Waals surface area contributed by atoms with Crippen molar-refractivity contribution in [2.24, 2.45) is 0 Å². The Labute approximate surface area is 63.2 Å². The van der Waals surface area contributed by atoms with E-state index in [1.54, 1.807) is 6.20 Å². The van der Waals surface area contributed by atoms with Crippen LogP contribution in [0.3, 0.4) is 0 Å². The van der Waals surface area contributed by atoms with Crippen LogP contribution >= 0.6 is 23.2 Å². The molecule has 0 aliphatic carbocycles. The van der Waals surface area contributed by atoms with Crippen molar-refractivity contribution in [1.29, 1.82) is 0 Å². The van der Waals surface area contributed by atoms with Crippen molar-refractivity contribution in [3.8, 4) is 0 Å². The lowest BCUT2D eigenvalue weighted by atomic mass is 10.6. The van der Waals surface area contributed by atoms with Gasteiger partial charge in [0.25, 0.3) is 0 Å². The Morgan fingerprint density at radius 1 is 1.44 bits per heavy atom. The second-order valence-electron chi connectivity index (χ2n) is 1.62. The van der Waals surface area contributed by atoms with Crippen LogP contribution in [-0.4, -0.2) is 9.97 Å². The zero-order valence-electron chi connectivity index (χ0n) is 4.69. The normalized spacial score (nSPS) is 10.0. The van der Waals surface area contributed by atoms with E-state index in [1.165, 1.54) is 0 Å². The van der Waals surface area contributed by atoms with Gasteiger partial charge in [-0.1, -0.05) is 0 Å². The van der Waals surface area contributed by atoms with Gasteiger partial charge in [0.2, 0.25) is 0 Å². The van der Waals surface area contributed by atoms with Gasteiger partial charge < -0.3 is 4.98 Å². The number of imidazole rings is 1. The first kappa shape index (κ1) is 6.90. The standard InChI is InChI=1S/C5H6Cl2N2/c6-1-4-3-8-5(2-7)9-4/h3H,1-2H2,(H,8,9). The third-order valence-corrected chi connectivity index (χ3v) is 1.49. The maximum Gasteiger partial charge on any atom is 0.121 e. The molecule has 0 bridgehead atoms. The molecule has 50 valence electrons. The minimum atomic E-state index is 0.414. The first-order valence-corrected chi connectivity index (χ1v) is 3.58. The summed E-state index contributed by atoms with van der Waals surface area (Å²) in [5, 5.41) is 0. The molecule has 0 aliphatic rings. The highest BCUT2D eigenvalue weighted by molar-refractivity contribution is 6.17. The van der Waals surface area contributed by atoms with E-state index in [0.717, 1.165) is 11.5 Å². The molecule has 1 rings (SSSR count). The lowest BCUT2D eigenvalue weighted by molar-refractivity contribution is 1.09. The van der Waals surface area contributed by atoms with Crippen LogP contribution < -0.4 is 0 Å². The number of hydrogen-bond donors (Lipinski definition) is 1. The zero-order chi connectivity index (χ0) is 6.69. The molecular weight excluding hydrogens is 159 g/mol. The average Bonchev–Trinajstić information content (AvgIpc) is 2.34. The highest BCUT2D eigenvalue weighted by Gasteiger charge is 1.95. The van der Waals surface area contributed by atoms with Crippen LogP contribution in [0.1, 0.15) is 11.5 Å². The van der Waals surface area contributed by atoms with Gasteiger partial charge in [-0.05, 0) is 0 Å². The Balaban J connectivity index is 2.74. The van der Waals surface area contributed by atoms with E-state index in [9.17, 15) is 0 Å². The maximum atomic E-state index is 5.48. The number of aromatic amines is 1. The van der Waals surface area contributed by atoms with Crippen molar-refractivity contribution < 1.29 is 0 Å². The van der Waals surface area contributed by atoms with Gasteiger partial charge in [-0.3, -0.25) is 0 Å². The molecule has 2 nitrogen and oxygen atoms in total. The number of rotatable bonds is 2. The number of nitrogens with zero attached hydrogens (tertiary/aromatic N) is 1. The van der Waals surface area contributed by atoms with E-state index in [4.69, 9.17) is 23.2 Å². The van der Waals surface area contributed by atoms with Crippen LogP contribution in [0.2, 0.25) is 0 Å². The Kier molecular flexibility index (Phi) is 2.37. The molecule has 0 radical (unpaired) electrons. The molecule has 0 saturated heterocycles. The smallest absolute Gasteiger partial charge is 0.121 e. The molecule has 0 amide bonds. The second-order valence-corrected chi connectivity index (χ2v) is 2.16. The number of H-pyrrole nitrogens is 1. The highest BCUT2D eigenvalue weighted by atomic mass is 35.5. The Bertz CT molecular complexity index is 166. The van der Waals surface area contributed by atoms with Gasteiger partial charge in [0.05, 0.1) is 11.8 Å². The van der Waals surface area contributed by atoms with E-state index in [1.807, 2.05) is 0 Å². The van der Waals surface area contributed by atoms with Gasteiger partial charge >= 0.3 is 0 Å². The minimum Gasteiger partial charge on any atom is -0.344 e. The predicted molar refractivity (Wildman–Crippen MR) is 37.7 cm³/mol. The van der Waals surface area contributed by atoms with Crippen molar-refractivity contribution in [3.05, 3.63) is 17.7 Å². The quantitative estimate of drug-likeness (QED) is 0.666. The van der Waals surface area contributed by atoms with Crippen molar-refractivity contribution in [2.45, 2.75) is 11.8 Å². The molecule has 0 spiro atoms. The van der Waals surface area contributed by atoms with Crippen molar-refractivity contribution in [3.63, 3.8) is 0 Å². The van der Waals surface area contributed by atoms with Crippen LogP contribution in [0.25, 0.3) is 0 Å². The van der Waals surface area contributed by atoms with E-state index in [-0.39, 0.29) is 0 Å². The van der Waals surface area contributed by atoms with Crippen molar-refractivity contribution in [1.82, 2.24) is 9.97 Å². The summed E-state index contributed by atoms with van der Waals surface area (Å²) in [7, 11) is 0. The molecule has 1 heterocycles. The van der Waals surface area contributed by atoms with Crippen LogP contribution in [-0.2, 0) is 11.8 Å². The molecule has 1 aromatic heterocycles. The fourth-order valence-corrected chi connectivity index (χ4v) is 0.813. The summed E-state index contributed by atoms with van der Waals surface area (Å²) >= 11 is 10.9. The van der Waals surface area contributed by atoms with Crippen LogP contribution in [0.4, 0.5) is 0 Å². The van der Waals surface area contributed by atoms with E-state index in [2.05, 4.69) is 9.97 Å². The molecule has 9 heavy (non-hydrogen) atoms. The van der Waals surface area contributed by atoms with Gasteiger partial charge in [0.1, 0.15) is 5.82 Å². The first-order chi connectivity index (χ1) is 4.36. The van der Waals surface area contributed by atoms with Gasteiger partial charge in [-0.2, -0.15) is 0 Å². The number of alkyl halides is 2. The summed E-state index contributed by atoms with van der Waals surface area (Å²) in [5.41, 5.74) is 0.910. The fraction of sp³-hybridized carbons (Fsp3) is 0.400. The Hall–Kier alpha value is -0.210. The average molecular weight is 165 g/mol. The molecule has 1 aromatic rings. The van der Waals surface area contributed by atoms with Gasteiger partial charge in [0.15, 0.2) is 0 Å². The third-order valence-electron chi connectivity index (χ3n) is 0.952. The highest BCUT2D eigenvalue weighted by Crippen LogP contribution is 2.01. The van der Waals surface area contributed by atoms with E-state index in [0.29, 0.717) is 11.8 Å². The topological polar surface area (TPSA) is 28.7 Å². The molecule has 0 atom stereocenters. The molecule has 0 aliphatic heterocycles. The van der Waals surface area contributed by atoms with E-state index < -0.39 is 0 Å². The van der Waals surface area contributed by atoms with Crippen molar-refractivity contribution >= 4 is 23.2 Å². The SMILES string of the molecule is ClCc1cnc(CCl)[nH]1. The largest absolute Gasteiger partial charge is 0.344 e. The van der Waals surface area contributed by atoms with E-state index >= 15 is 0 Å². The lowest BCUT2D eigenvalue weighted by Crippen LogP contribution is -1.80. The summed E-state index contributed by atoms with van der Waals surface area (Å²) < 4.78 is 0. The molecule has 0 saturated carbocycles. The summed E-state index contributed by atoms with van der Waals surface area (Å²) in [4.78, 5) is 6.87. The summed E-state index contributed by atoms with van der Waals surface area (Å²) in [5.74, 6) is 1.65. The van der Waals surface area contributed by atoms with Crippen LogP contribution in [0, 0.1) is 0 Å². The maximum absolute atomic E-state index is 5.48. The molecule has 0 fully saturated rings. The lowest BCUT2D eigenvalue weighted by Gasteiger charge is -1.83. The second kappa shape index (κ2) is 3.08. The number of nitrogens with one attached hydrogen (secondary N) is 1. The molecule has 4 heteroatoms. The number of hydrogen-bond acceptors (Lipinski definition) is 1. The third kappa shape index (κ3) is 1.60. The minimum absolute atomic E-state index is 0.414. The first-order valence-electron chi connectivity index (χ1n) is 2.51. The van der Waals surface area contributed by atoms with Gasteiger partial charge in [-0.15, -0.1) is 23.2 Å². The fourth-order valence-electron chi connectivity index (χ4n) is 0.542. The Morgan fingerprint density at radius 2 is 2.22 bits per heavy atom. The molecule has 1 N–H and O–H groups in total. The van der Waals surface area contributed by atoms with Gasteiger partial charge in [0, 0.05) is 11.9 Å². The molecular formula is C5H6Cl2N2. The summed E-state index contributed by atoms with van der Waals surface area (Å²) in [6, 6.07) is 0. The molecule has 0 unspecified atom stereocenters.